The average Bonchev–Trinajstić information content (AvgIpc) is 3.11. The first-order valence-corrected chi connectivity index (χ1v) is 8.03. The van der Waals surface area contributed by atoms with Crippen LogP contribution < -0.4 is 15.5 Å². The van der Waals surface area contributed by atoms with Gasteiger partial charge < -0.3 is 15.2 Å². The van der Waals surface area contributed by atoms with Crippen molar-refractivity contribution in [3.05, 3.63) is 23.8 Å². The third-order valence-electron chi connectivity index (χ3n) is 4.64. The fourth-order valence-electron chi connectivity index (χ4n) is 3.56. The maximum absolute atomic E-state index is 9.54. The second-order valence-electron chi connectivity index (χ2n) is 6.06. The molecule has 5 nitrogen and oxygen atoms in total. The number of nitrogens with zero attached hydrogens (tertiary/aromatic N) is 1. The molecule has 3 atom stereocenters. The van der Waals surface area contributed by atoms with Gasteiger partial charge in [-0.1, -0.05) is 6.42 Å². The predicted octanol–water partition coefficient (Wildman–Crippen LogP) is 2.39. The summed E-state index contributed by atoms with van der Waals surface area (Å²) in [7, 11) is 1.52. The number of hydrogen-bond acceptors (Lipinski definition) is 4. The van der Waals surface area contributed by atoms with Crippen molar-refractivity contribution in [2.45, 2.75) is 31.7 Å². The van der Waals surface area contributed by atoms with E-state index in [2.05, 4.69) is 15.8 Å². The molecule has 1 aromatic carbocycles. The van der Waals surface area contributed by atoms with Crippen LogP contribution in [0.2, 0.25) is 0 Å². The van der Waals surface area contributed by atoms with Crippen LogP contribution in [0.3, 0.4) is 0 Å². The summed E-state index contributed by atoms with van der Waals surface area (Å²) in [5.41, 5.74) is 3.68. The van der Waals surface area contributed by atoms with Gasteiger partial charge in [0.05, 0.1) is 13.3 Å². The van der Waals surface area contributed by atoms with E-state index in [0.29, 0.717) is 16.9 Å². The number of hydrazone groups is 1. The molecule has 0 amide bonds. The molecular weight excluding hydrogens is 298 g/mol. The van der Waals surface area contributed by atoms with Gasteiger partial charge >= 0.3 is 0 Å². The van der Waals surface area contributed by atoms with E-state index in [0.717, 1.165) is 17.4 Å². The van der Waals surface area contributed by atoms with E-state index in [1.54, 1.807) is 24.4 Å². The van der Waals surface area contributed by atoms with Crippen LogP contribution in [0.1, 0.15) is 31.2 Å². The molecule has 2 bridgehead atoms. The van der Waals surface area contributed by atoms with Crippen molar-refractivity contribution >= 4 is 23.5 Å². The largest absolute Gasteiger partial charge is 0.504 e. The quantitative estimate of drug-likeness (QED) is 0.452. The van der Waals surface area contributed by atoms with Gasteiger partial charge in [0.2, 0.25) is 0 Å². The van der Waals surface area contributed by atoms with E-state index in [4.69, 9.17) is 17.0 Å². The smallest absolute Gasteiger partial charge is 0.187 e. The molecule has 0 spiro atoms. The zero-order chi connectivity index (χ0) is 15.5. The molecule has 2 fully saturated rings. The highest BCUT2D eigenvalue weighted by Crippen LogP contribution is 2.44. The van der Waals surface area contributed by atoms with E-state index in [1.165, 1.54) is 32.8 Å². The fourth-order valence-corrected chi connectivity index (χ4v) is 3.77. The van der Waals surface area contributed by atoms with Gasteiger partial charge in [0.25, 0.3) is 0 Å². The zero-order valence-corrected chi connectivity index (χ0v) is 13.4. The number of ether oxygens (including phenoxy) is 1. The molecule has 0 radical (unpaired) electrons. The van der Waals surface area contributed by atoms with E-state index in [-0.39, 0.29) is 5.75 Å². The van der Waals surface area contributed by atoms with Crippen LogP contribution in [0.5, 0.6) is 11.5 Å². The second kappa shape index (κ2) is 6.52. The molecule has 0 unspecified atom stereocenters. The van der Waals surface area contributed by atoms with Crippen LogP contribution in [0.4, 0.5) is 0 Å². The Labute approximate surface area is 135 Å². The number of benzene rings is 1. The fraction of sp³-hybridized carbons (Fsp3) is 0.500. The lowest BCUT2D eigenvalue weighted by atomic mass is 9.96. The van der Waals surface area contributed by atoms with Gasteiger partial charge in [-0.05, 0) is 67.1 Å². The predicted molar refractivity (Wildman–Crippen MR) is 90.4 cm³/mol. The Kier molecular flexibility index (Phi) is 4.47. The molecule has 1 aromatic rings. The standard InChI is InChI=1S/C16H21N3O2S/c1-21-15-8-11(3-5-14(15)20)9-17-19-16(22)18-13-7-10-2-4-12(13)6-10/h3,5,8-10,12-13,20H,2,4,6-7H2,1H3,(H2,18,19,22)/b17-9-/t10-,12-,13-/m0/s1. The van der Waals surface area contributed by atoms with Crippen LogP contribution in [-0.2, 0) is 0 Å². The Morgan fingerprint density at radius 1 is 1.41 bits per heavy atom. The van der Waals surface area contributed by atoms with Crippen molar-refractivity contribution in [3.8, 4) is 11.5 Å². The summed E-state index contributed by atoms with van der Waals surface area (Å²) in [5, 5.41) is 17.6. The minimum Gasteiger partial charge on any atom is -0.504 e. The third kappa shape index (κ3) is 3.32. The number of phenols is 1. The Hall–Kier alpha value is -1.82. The maximum atomic E-state index is 9.54. The number of thiocarbonyl (C=S) groups is 1. The molecule has 118 valence electrons. The topological polar surface area (TPSA) is 65.9 Å². The normalized spacial score (nSPS) is 26.3. The monoisotopic (exact) mass is 319 g/mol. The molecule has 2 aliphatic carbocycles. The van der Waals surface area contributed by atoms with Gasteiger partial charge in [-0.25, -0.2) is 0 Å². The Bertz CT molecular complexity index is 591. The van der Waals surface area contributed by atoms with E-state index in [1.807, 2.05) is 0 Å². The molecule has 2 aliphatic rings. The van der Waals surface area contributed by atoms with Gasteiger partial charge in [-0.3, -0.25) is 5.43 Å². The van der Waals surface area contributed by atoms with Crippen LogP contribution in [0, 0.1) is 11.8 Å². The summed E-state index contributed by atoms with van der Waals surface area (Å²) in [6, 6.07) is 5.55. The SMILES string of the molecule is COc1cc(/C=N\NC(=S)N[C@H]2C[C@H]3CC[C@H]2C3)ccc1O. The van der Waals surface area contributed by atoms with Crippen molar-refractivity contribution in [2.24, 2.45) is 16.9 Å². The lowest BCUT2D eigenvalue weighted by Crippen LogP contribution is -2.42. The summed E-state index contributed by atoms with van der Waals surface area (Å²) >= 11 is 5.29. The zero-order valence-electron chi connectivity index (χ0n) is 12.6. The van der Waals surface area contributed by atoms with Crippen molar-refractivity contribution in [2.75, 3.05) is 7.11 Å². The van der Waals surface area contributed by atoms with Crippen molar-refractivity contribution in [3.63, 3.8) is 0 Å². The van der Waals surface area contributed by atoms with Crippen LogP contribution in [0.15, 0.2) is 23.3 Å². The molecule has 22 heavy (non-hydrogen) atoms. The highest BCUT2D eigenvalue weighted by molar-refractivity contribution is 7.80. The first kappa shape index (κ1) is 15.1. The van der Waals surface area contributed by atoms with Crippen molar-refractivity contribution < 1.29 is 9.84 Å². The molecule has 0 aromatic heterocycles. The summed E-state index contributed by atoms with van der Waals surface area (Å²) in [4.78, 5) is 0. The number of phenolic OH excluding ortho intramolecular Hbond substituents is 1. The number of fused-ring (bicyclic) bond motifs is 2. The van der Waals surface area contributed by atoms with Crippen molar-refractivity contribution in [1.29, 1.82) is 0 Å². The summed E-state index contributed by atoms with van der Waals surface area (Å²) in [6.45, 7) is 0. The van der Waals surface area contributed by atoms with Crippen LogP contribution >= 0.6 is 12.2 Å². The Morgan fingerprint density at radius 2 is 2.27 bits per heavy atom. The van der Waals surface area contributed by atoms with Gasteiger partial charge in [0.15, 0.2) is 16.6 Å². The molecule has 3 rings (SSSR count). The van der Waals surface area contributed by atoms with Gasteiger partial charge in [-0.2, -0.15) is 5.10 Å². The van der Waals surface area contributed by atoms with Gasteiger partial charge in [-0.15, -0.1) is 0 Å². The van der Waals surface area contributed by atoms with Crippen molar-refractivity contribution in [1.82, 2.24) is 10.7 Å². The molecule has 0 heterocycles. The van der Waals surface area contributed by atoms with Gasteiger partial charge in [0, 0.05) is 6.04 Å². The molecular formula is C16H21N3O2S. The summed E-state index contributed by atoms with van der Waals surface area (Å²) in [5.74, 6) is 2.20. The maximum Gasteiger partial charge on any atom is 0.187 e. The number of rotatable bonds is 4. The third-order valence-corrected chi connectivity index (χ3v) is 4.85. The average molecular weight is 319 g/mol. The summed E-state index contributed by atoms with van der Waals surface area (Å²) < 4.78 is 5.06. The second-order valence-corrected chi connectivity index (χ2v) is 6.46. The molecule has 0 saturated heterocycles. The number of hydrogen-bond donors (Lipinski definition) is 3. The number of nitrogens with one attached hydrogen (secondary N) is 2. The molecule has 0 aliphatic heterocycles. The highest BCUT2D eigenvalue weighted by atomic mass is 32.1. The lowest BCUT2D eigenvalue weighted by molar-refractivity contribution is 0.373. The number of aromatic hydroxyl groups is 1. The Morgan fingerprint density at radius 3 is 2.95 bits per heavy atom. The Balaban J connectivity index is 1.50. The number of methoxy groups -OCH3 is 1. The highest BCUT2D eigenvalue weighted by Gasteiger charge is 2.39. The first-order chi connectivity index (χ1) is 10.7. The lowest BCUT2D eigenvalue weighted by Gasteiger charge is -2.23. The molecule has 2 saturated carbocycles. The van der Waals surface area contributed by atoms with Gasteiger partial charge in [0.1, 0.15) is 0 Å². The van der Waals surface area contributed by atoms with E-state index < -0.39 is 0 Å². The first-order valence-electron chi connectivity index (χ1n) is 7.62. The van der Waals surface area contributed by atoms with Crippen LogP contribution in [-0.4, -0.2) is 29.6 Å². The van der Waals surface area contributed by atoms with E-state index >= 15 is 0 Å². The van der Waals surface area contributed by atoms with Crippen LogP contribution in [0.25, 0.3) is 0 Å². The van der Waals surface area contributed by atoms with E-state index in [9.17, 15) is 5.11 Å². The molecule has 3 N–H and O–H groups in total. The minimum atomic E-state index is 0.112. The summed E-state index contributed by atoms with van der Waals surface area (Å²) in [6.07, 6.45) is 6.92. The molecule has 6 heteroatoms. The minimum absolute atomic E-state index is 0.112.